The van der Waals surface area contributed by atoms with E-state index in [0.717, 1.165) is 11.0 Å². The highest BCUT2D eigenvalue weighted by atomic mass is 19.4. The van der Waals surface area contributed by atoms with E-state index < -0.39 is 23.9 Å². The van der Waals surface area contributed by atoms with E-state index in [1.165, 1.54) is 31.4 Å². The van der Waals surface area contributed by atoms with Gasteiger partial charge in [0.1, 0.15) is 0 Å². The highest BCUT2D eigenvalue weighted by Gasteiger charge is 2.38. The van der Waals surface area contributed by atoms with E-state index in [-0.39, 0.29) is 22.6 Å². The second-order valence-corrected chi connectivity index (χ2v) is 4.87. The van der Waals surface area contributed by atoms with Gasteiger partial charge in [-0.3, -0.25) is 9.59 Å². The third-order valence-corrected chi connectivity index (χ3v) is 3.43. The van der Waals surface area contributed by atoms with Crippen molar-refractivity contribution < 1.29 is 32.2 Å². The molecule has 3 rings (SSSR count). The molecule has 0 fully saturated rings. The van der Waals surface area contributed by atoms with Crippen LogP contribution < -0.4 is 14.4 Å². The van der Waals surface area contributed by atoms with Crippen LogP contribution in [0.25, 0.3) is 0 Å². The Balaban J connectivity index is 2.03. The molecule has 0 N–H and O–H groups in total. The van der Waals surface area contributed by atoms with Gasteiger partial charge in [0.25, 0.3) is 11.8 Å². The molecule has 2 aromatic rings. The minimum atomic E-state index is -4.94. The first-order valence-corrected chi connectivity index (χ1v) is 6.73. The number of anilines is 1. The molecule has 8 heteroatoms. The Bertz CT molecular complexity index is 797. The first-order valence-electron chi connectivity index (χ1n) is 6.73. The van der Waals surface area contributed by atoms with Crippen molar-refractivity contribution in [2.24, 2.45) is 0 Å². The number of benzene rings is 2. The van der Waals surface area contributed by atoms with Crippen molar-refractivity contribution in [3.8, 4) is 11.5 Å². The summed E-state index contributed by atoms with van der Waals surface area (Å²) in [6.45, 7) is 0. The van der Waals surface area contributed by atoms with Gasteiger partial charge in [0.15, 0.2) is 11.5 Å². The van der Waals surface area contributed by atoms with E-state index in [4.69, 9.17) is 4.74 Å². The highest BCUT2D eigenvalue weighted by Crippen LogP contribution is 2.37. The molecule has 0 spiro atoms. The van der Waals surface area contributed by atoms with Crippen LogP contribution in [0, 0.1) is 0 Å². The number of hydrogen-bond donors (Lipinski definition) is 0. The van der Waals surface area contributed by atoms with Crippen molar-refractivity contribution in [2.75, 3.05) is 12.0 Å². The molecule has 0 saturated carbocycles. The molecule has 0 saturated heterocycles. The number of imide groups is 1. The molecule has 0 atom stereocenters. The number of carbonyl (C=O) groups is 2. The van der Waals surface area contributed by atoms with Crippen molar-refractivity contribution >= 4 is 17.5 Å². The number of rotatable bonds is 3. The molecule has 1 aliphatic heterocycles. The molecule has 0 bridgehead atoms. The van der Waals surface area contributed by atoms with Crippen LogP contribution in [-0.2, 0) is 0 Å². The fourth-order valence-electron chi connectivity index (χ4n) is 2.43. The van der Waals surface area contributed by atoms with Gasteiger partial charge in [-0.15, -0.1) is 13.2 Å². The lowest BCUT2D eigenvalue weighted by atomic mass is 10.1. The number of fused-ring (bicyclic) bond motifs is 1. The van der Waals surface area contributed by atoms with Crippen molar-refractivity contribution in [3.05, 3.63) is 53.6 Å². The molecule has 0 unspecified atom stereocenters. The van der Waals surface area contributed by atoms with Crippen LogP contribution in [0.2, 0.25) is 0 Å². The lowest BCUT2D eigenvalue weighted by molar-refractivity contribution is -0.275. The molecule has 24 heavy (non-hydrogen) atoms. The van der Waals surface area contributed by atoms with E-state index in [9.17, 15) is 22.8 Å². The fourth-order valence-corrected chi connectivity index (χ4v) is 2.43. The Kier molecular flexibility index (Phi) is 3.67. The van der Waals surface area contributed by atoms with Gasteiger partial charge in [0.2, 0.25) is 0 Å². The first kappa shape index (κ1) is 15.9. The summed E-state index contributed by atoms with van der Waals surface area (Å²) < 4.78 is 46.2. The smallest absolute Gasteiger partial charge is 0.493 e. The summed E-state index contributed by atoms with van der Waals surface area (Å²) in [7, 11) is 1.18. The van der Waals surface area contributed by atoms with E-state index in [1.54, 1.807) is 12.1 Å². The van der Waals surface area contributed by atoms with Crippen LogP contribution in [-0.4, -0.2) is 25.3 Å². The molecule has 124 valence electrons. The van der Waals surface area contributed by atoms with Gasteiger partial charge in [0, 0.05) is 6.07 Å². The van der Waals surface area contributed by atoms with Gasteiger partial charge in [-0.1, -0.05) is 12.1 Å². The van der Waals surface area contributed by atoms with Gasteiger partial charge >= 0.3 is 6.36 Å². The predicted octanol–water partition coefficient (Wildman–Crippen LogP) is 3.39. The number of ether oxygens (including phenoxy) is 2. The summed E-state index contributed by atoms with van der Waals surface area (Å²) >= 11 is 0. The SMILES string of the molecule is COc1ccc(N2C(=O)c3ccccc3C2=O)cc1OC(F)(F)F. The Morgan fingerprint density at radius 3 is 2.00 bits per heavy atom. The Hall–Kier alpha value is -3.03. The lowest BCUT2D eigenvalue weighted by Crippen LogP contribution is -2.29. The summed E-state index contributed by atoms with van der Waals surface area (Å²) in [5, 5.41) is 0. The molecular formula is C16H10F3NO4. The fraction of sp³-hybridized carbons (Fsp3) is 0.125. The second kappa shape index (κ2) is 5.55. The number of nitrogens with zero attached hydrogens (tertiary/aromatic N) is 1. The summed E-state index contributed by atoms with van der Waals surface area (Å²) in [5.41, 5.74) is 0.342. The maximum Gasteiger partial charge on any atom is 0.573 e. The molecule has 2 aromatic carbocycles. The maximum atomic E-state index is 12.5. The molecule has 2 amide bonds. The summed E-state index contributed by atoms with van der Waals surface area (Å²) in [6, 6.07) is 9.59. The highest BCUT2D eigenvalue weighted by molar-refractivity contribution is 6.34. The van der Waals surface area contributed by atoms with Gasteiger partial charge in [0.05, 0.1) is 23.9 Å². The number of amides is 2. The molecule has 0 aromatic heterocycles. The quantitative estimate of drug-likeness (QED) is 0.806. The van der Waals surface area contributed by atoms with Crippen LogP contribution >= 0.6 is 0 Å². The van der Waals surface area contributed by atoms with Crippen molar-refractivity contribution in [2.45, 2.75) is 6.36 Å². The Labute approximate surface area is 134 Å². The zero-order valence-corrected chi connectivity index (χ0v) is 12.3. The number of alkyl halides is 3. The normalized spacial score (nSPS) is 13.9. The predicted molar refractivity (Wildman–Crippen MR) is 77.3 cm³/mol. The standard InChI is InChI=1S/C16H10F3NO4/c1-23-12-7-6-9(8-13(12)24-16(17,18)19)20-14(21)10-4-2-3-5-11(10)15(20)22/h2-8H,1H3. The van der Waals surface area contributed by atoms with E-state index in [1.807, 2.05) is 0 Å². The monoisotopic (exact) mass is 337 g/mol. The molecule has 0 radical (unpaired) electrons. The average molecular weight is 337 g/mol. The third-order valence-electron chi connectivity index (χ3n) is 3.43. The summed E-state index contributed by atoms with van der Waals surface area (Å²) in [5.74, 6) is -2.04. The third kappa shape index (κ3) is 2.66. The topological polar surface area (TPSA) is 55.8 Å². The van der Waals surface area contributed by atoms with Crippen LogP contribution in [0.1, 0.15) is 20.7 Å². The van der Waals surface area contributed by atoms with Crippen LogP contribution in [0.15, 0.2) is 42.5 Å². The molecule has 1 aliphatic rings. The molecule has 0 aliphatic carbocycles. The van der Waals surface area contributed by atoms with Crippen molar-refractivity contribution in [1.82, 2.24) is 0 Å². The van der Waals surface area contributed by atoms with Gasteiger partial charge in [-0.25, -0.2) is 4.90 Å². The van der Waals surface area contributed by atoms with Gasteiger partial charge in [-0.2, -0.15) is 0 Å². The lowest BCUT2D eigenvalue weighted by Gasteiger charge is -2.18. The molecule has 1 heterocycles. The van der Waals surface area contributed by atoms with Crippen LogP contribution in [0.3, 0.4) is 0 Å². The largest absolute Gasteiger partial charge is 0.573 e. The second-order valence-electron chi connectivity index (χ2n) is 4.87. The number of methoxy groups -OCH3 is 1. The van der Waals surface area contributed by atoms with Crippen LogP contribution in [0.4, 0.5) is 18.9 Å². The zero-order chi connectivity index (χ0) is 17.5. The van der Waals surface area contributed by atoms with E-state index in [2.05, 4.69) is 4.74 Å². The van der Waals surface area contributed by atoms with Gasteiger partial charge < -0.3 is 9.47 Å². The minimum absolute atomic E-state index is 0.0405. The average Bonchev–Trinajstić information content (AvgIpc) is 2.78. The Morgan fingerprint density at radius 1 is 0.917 bits per heavy atom. The Morgan fingerprint density at radius 2 is 1.50 bits per heavy atom. The zero-order valence-electron chi connectivity index (χ0n) is 12.3. The van der Waals surface area contributed by atoms with Gasteiger partial charge in [-0.05, 0) is 24.3 Å². The van der Waals surface area contributed by atoms with Crippen molar-refractivity contribution in [3.63, 3.8) is 0 Å². The molecular weight excluding hydrogens is 327 g/mol. The van der Waals surface area contributed by atoms with E-state index >= 15 is 0 Å². The van der Waals surface area contributed by atoms with Crippen molar-refractivity contribution in [1.29, 1.82) is 0 Å². The minimum Gasteiger partial charge on any atom is -0.493 e. The number of halogens is 3. The summed E-state index contributed by atoms with van der Waals surface area (Å²) in [4.78, 5) is 25.5. The molecule has 5 nitrogen and oxygen atoms in total. The van der Waals surface area contributed by atoms with E-state index in [0.29, 0.717) is 0 Å². The number of carbonyl (C=O) groups excluding carboxylic acids is 2. The maximum absolute atomic E-state index is 12.5. The summed E-state index contributed by atoms with van der Waals surface area (Å²) in [6.07, 6.45) is -4.94. The first-order chi connectivity index (χ1) is 11.3. The van der Waals surface area contributed by atoms with Crippen LogP contribution in [0.5, 0.6) is 11.5 Å². The number of hydrogen-bond acceptors (Lipinski definition) is 4.